The monoisotopic (exact) mass is 434 g/mol. The van der Waals surface area contributed by atoms with Crippen LogP contribution in [0.5, 0.6) is 0 Å². The van der Waals surface area contributed by atoms with E-state index in [9.17, 15) is 19.3 Å². The quantitative estimate of drug-likeness (QED) is 0.242. The zero-order valence-electron chi connectivity index (χ0n) is 16.0. The first-order valence-corrected chi connectivity index (χ1v) is 10.0. The van der Waals surface area contributed by atoms with E-state index >= 15 is 0 Å². The highest BCUT2D eigenvalue weighted by atomic mass is 32.1. The van der Waals surface area contributed by atoms with Gasteiger partial charge in [0.1, 0.15) is 11.3 Å². The average molecular weight is 434 g/mol. The third kappa shape index (κ3) is 4.62. The van der Waals surface area contributed by atoms with Crippen molar-refractivity contribution in [2.75, 3.05) is 4.90 Å². The summed E-state index contributed by atoms with van der Waals surface area (Å²) in [4.78, 5) is 33.3. The van der Waals surface area contributed by atoms with Crippen LogP contribution in [0.2, 0.25) is 0 Å². The van der Waals surface area contributed by atoms with E-state index in [1.807, 2.05) is 6.07 Å². The number of rotatable bonds is 6. The molecule has 0 N–H and O–H groups in total. The highest BCUT2D eigenvalue weighted by molar-refractivity contribution is 7.22. The van der Waals surface area contributed by atoms with Gasteiger partial charge in [-0.25, -0.2) is 9.37 Å². The van der Waals surface area contributed by atoms with Gasteiger partial charge in [-0.15, -0.1) is 0 Å². The Bertz CT molecular complexity index is 1270. The molecule has 2 aromatic carbocycles. The maximum Gasteiger partial charge on any atom is 0.269 e. The van der Waals surface area contributed by atoms with Crippen LogP contribution in [0.25, 0.3) is 16.3 Å². The summed E-state index contributed by atoms with van der Waals surface area (Å²) in [5, 5.41) is 11.1. The van der Waals surface area contributed by atoms with Crippen LogP contribution in [-0.2, 0) is 11.3 Å². The van der Waals surface area contributed by atoms with Gasteiger partial charge in [-0.05, 0) is 48.0 Å². The van der Waals surface area contributed by atoms with Crippen molar-refractivity contribution in [1.29, 1.82) is 0 Å². The van der Waals surface area contributed by atoms with Crippen LogP contribution >= 0.6 is 11.3 Å². The molecule has 0 aliphatic rings. The summed E-state index contributed by atoms with van der Waals surface area (Å²) >= 11 is 1.21. The van der Waals surface area contributed by atoms with Crippen LogP contribution in [0, 0.1) is 15.9 Å². The number of fused-ring (bicyclic) bond motifs is 1. The fraction of sp³-hybridized carbons (Fsp3) is 0.0455. The van der Waals surface area contributed by atoms with Crippen LogP contribution in [-0.4, -0.2) is 20.8 Å². The number of nitrogens with zero attached hydrogens (tertiary/aromatic N) is 4. The fourth-order valence-electron chi connectivity index (χ4n) is 2.88. The van der Waals surface area contributed by atoms with Gasteiger partial charge in [-0.2, -0.15) is 0 Å². The van der Waals surface area contributed by atoms with Gasteiger partial charge < -0.3 is 0 Å². The van der Waals surface area contributed by atoms with Crippen LogP contribution in [0.3, 0.4) is 0 Å². The second kappa shape index (κ2) is 8.80. The number of non-ortho nitro benzene ring substituents is 1. The molecule has 31 heavy (non-hydrogen) atoms. The number of carbonyl (C=O) groups excluding carboxylic acids is 1. The number of hydrogen-bond donors (Lipinski definition) is 0. The number of thiazole rings is 1. The van der Waals surface area contributed by atoms with E-state index < -0.39 is 10.7 Å². The van der Waals surface area contributed by atoms with E-state index in [0.29, 0.717) is 21.1 Å². The number of amides is 1. The summed E-state index contributed by atoms with van der Waals surface area (Å²) in [6.07, 6.45) is 4.54. The molecule has 0 saturated heterocycles. The van der Waals surface area contributed by atoms with Crippen molar-refractivity contribution in [3.8, 4) is 0 Å². The van der Waals surface area contributed by atoms with Crippen LogP contribution in [0.4, 0.5) is 15.2 Å². The first-order valence-electron chi connectivity index (χ1n) is 9.20. The minimum Gasteiger partial charge on any atom is -0.278 e. The second-order valence-corrected chi connectivity index (χ2v) is 7.52. The summed E-state index contributed by atoms with van der Waals surface area (Å²) in [5.74, 6) is -0.824. The Morgan fingerprint density at radius 1 is 1.13 bits per heavy atom. The van der Waals surface area contributed by atoms with Gasteiger partial charge in [0.25, 0.3) is 11.6 Å². The molecule has 9 heteroatoms. The third-order valence-electron chi connectivity index (χ3n) is 4.42. The van der Waals surface area contributed by atoms with Crippen molar-refractivity contribution in [2.24, 2.45) is 0 Å². The molecule has 0 aliphatic heterocycles. The number of anilines is 1. The Balaban J connectivity index is 1.65. The van der Waals surface area contributed by atoms with Crippen molar-refractivity contribution in [3.63, 3.8) is 0 Å². The molecular weight excluding hydrogens is 419 g/mol. The molecule has 0 radical (unpaired) electrons. The molecule has 1 amide bonds. The summed E-state index contributed by atoms with van der Waals surface area (Å²) < 4.78 is 14.7. The van der Waals surface area contributed by atoms with E-state index in [4.69, 9.17) is 0 Å². The number of aromatic nitrogens is 2. The lowest BCUT2D eigenvalue weighted by atomic mass is 10.2. The Kier molecular flexibility index (Phi) is 5.76. The molecule has 0 atom stereocenters. The highest BCUT2D eigenvalue weighted by Crippen LogP contribution is 2.31. The fourth-order valence-corrected chi connectivity index (χ4v) is 3.86. The maximum atomic E-state index is 14.1. The molecule has 0 aliphatic carbocycles. The Hall–Kier alpha value is -3.98. The minimum atomic E-state index is -0.487. The number of benzene rings is 2. The van der Waals surface area contributed by atoms with E-state index in [-0.39, 0.29) is 23.7 Å². The van der Waals surface area contributed by atoms with Gasteiger partial charge in [0, 0.05) is 24.4 Å². The standard InChI is InChI=1S/C22H15FN4O3S/c23-18-5-3-6-19-21(18)25-22(31-19)26(14-16-4-1-2-13-24-16)20(28)12-9-15-7-10-17(11-8-15)27(29)30/h1-13H,14H2. The Labute approximate surface area is 180 Å². The molecule has 4 aromatic rings. The number of nitro benzene ring substituents is 1. The number of nitro groups is 1. The molecule has 0 saturated carbocycles. The van der Waals surface area contributed by atoms with Crippen molar-refractivity contribution in [2.45, 2.75) is 6.54 Å². The lowest BCUT2D eigenvalue weighted by molar-refractivity contribution is -0.384. The predicted octanol–water partition coefficient (Wildman–Crippen LogP) is 4.99. The molecule has 0 bridgehead atoms. The van der Waals surface area contributed by atoms with Gasteiger partial charge in [0.05, 0.1) is 21.9 Å². The van der Waals surface area contributed by atoms with E-state index in [1.54, 1.807) is 48.7 Å². The summed E-state index contributed by atoms with van der Waals surface area (Å²) in [7, 11) is 0. The van der Waals surface area contributed by atoms with Crippen molar-refractivity contribution >= 4 is 44.4 Å². The topological polar surface area (TPSA) is 89.2 Å². The lowest BCUT2D eigenvalue weighted by Crippen LogP contribution is -2.29. The molecule has 2 heterocycles. The molecule has 154 valence electrons. The number of carbonyl (C=O) groups is 1. The predicted molar refractivity (Wildman–Crippen MR) is 117 cm³/mol. The van der Waals surface area contributed by atoms with Crippen LogP contribution < -0.4 is 4.90 Å². The zero-order valence-corrected chi connectivity index (χ0v) is 16.8. The smallest absolute Gasteiger partial charge is 0.269 e. The number of pyridine rings is 1. The number of hydrogen-bond acceptors (Lipinski definition) is 6. The first kappa shape index (κ1) is 20.3. The largest absolute Gasteiger partial charge is 0.278 e. The minimum absolute atomic E-state index is 0.0308. The molecular formula is C22H15FN4O3S. The molecule has 7 nitrogen and oxygen atoms in total. The summed E-state index contributed by atoms with van der Waals surface area (Å²) in [5.41, 5.74) is 1.46. The first-order chi connectivity index (χ1) is 15.0. The van der Waals surface area contributed by atoms with Gasteiger partial charge >= 0.3 is 0 Å². The van der Waals surface area contributed by atoms with Crippen LogP contribution in [0.15, 0.2) is 72.9 Å². The maximum absolute atomic E-state index is 14.1. The summed E-state index contributed by atoms with van der Waals surface area (Å²) in [6, 6.07) is 15.9. The molecule has 0 spiro atoms. The van der Waals surface area contributed by atoms with E-state index in [1.165, 1.54) is 40.5 Å². The average Bonchev–Trinajstić information content (AvgIpc) is 3.22. The molecule has 0 fully saturated rings. The van der Waals surface area contributed by atoms with E-state index in [0.717, 1.165) is 0 Å². The molecule has 0 unspecified atom stereocenters. The normalized spacial score (nSPS) is 11.1. The third-order valence-corrected chi connectivity index (χ3v) is 5.47. The molecule has 2 aromatic heterocycles. The zero-order chi connectivity index (χ0) is 21.8. The van der Waals surface area contributed by atoms with Crippen LogP contribution in [0.1, 0.15) is 11.3 Å². The number of halogens is 1. The van der Waals surface area contributed by atoms with Gasteiger partial charge in [0.2, 0.25) is 0 Å². The number of para-hydroxylation sites is 1. The van der Waals surface area contributed by atoms with E-state index in [2.05, 4.69) is 9.97 Å². The highest BCUT2D eigenvalue weighted by Gasteiger charge is 2.20. The SMILES string of the molecule is O=C(C=Cc1ccc([N+](=O)[O-])cc1)N(Cc1ccccn1)c1nc2c(F)cccc2s1. The Morgan fingerprint density at radius 2 is 1.94 bits per heavy atom. The molecule has 4 rings (SSSR count). The van der Waals surface area contributed by atoms with Crippen molar-refractivity contribution < 1.29 is 14.1 Å². The van der Waals surface area contributed by atoms with Crippen molar-refractivity contribution in [3.05, 3.63) is 100 Å². The van der Waals surface area contributed by atoms with Gasteiger partial charge in [-0.3, -0.25) is 24.8 Å². The van der Waals surface area contributed by atoms with Gasteiger partial charge in [-0.1, -0.05) is 23.5 Å². The summed E-state index contributed by atoms with van der Waals surface area (Å²) in [6.45, 7) is 0.158. The lowest BCUT2D eigenvalue weighted by Gasteiger charge is -2.17. The Morgan fingerprint density at radius 3 is 2.61 bits per heavy atom. The van der Waals surface area contributed by atoms with Gasteiger partial charge in [0.15, 0.2) is 5.13 Å². The second-order valence-electron chi connectivity index (χ2n) is 6.51. The van der Waals surface area contributed by atoms with Crippen molar-refractivity contribution in [1.82, 2.24) is 9.97 Å².